The molecule has 0 bridgehead atoms. The summed E-state index contributed by atoms with van der Waals surface area (Å²) in [7, 11) is 1.61. The minimum Gasteiger partial charge on any atom is -0.496 e. The average Bonchev–Trinajstić information content (AvgIpc) is 2.20. The zero-order valence-corrected chi connectivity index (χ0v) is 9.62. The summed E-state index contributed by atoms with van der Waals surface area (Å²) in [5.74, 6) is 0.770. The number of benzene rings is 1. The van der Waals surface area contributed by atoms with Gasteiger partial charge in [-0.25, -0.2) is 0 Å². The van der Waals surface area contributed by atoms with E-state index in [-0.39, 0.29) is 6.54 Å². The standard InChI is InChI=1S/C10H14BrNO2/c1-14-10-5-8(11)3-2-7(10)4-9(13)6-12/h2-3,5,9,13H,4,6,12H2,1H3. The van der Waals surface area contributed by atoms with E-state index >= 15 is 0 Å². The van der Waals surface area contributed by atoms with Gasteiger partial charge in [-0.15, -0.1) is 0 Å². The third-order valence-corrected chi connectivity index (χ3v) is 2.47. The van der Waals surface area contributed by atoms with Gasteiger partial charge in [0.1, 0.15) is 5.75 Å². The predicted octanol–water partition coefficient (Wildman–Crippen LogP) is 1.32. The summed E-state index contributed by atoms with van der Waals surface area (Å²) in [4.78, 5) is 0. The molecule has 0 amide bonds. The highest BCUT2D eigenvalue weighted by Gasteiger charge is 2.08. The van der Waals surface area contributed by atoms with E-state index in [2.05, 4.69) is 15.9 Å². The van der Waals surface area contributed by atoms with Crippen LogP contribution in [-0.2, 0) is 6.42 Å². The molecule has 0 aliphatic carbocycles. The molecule has 0 heterocycles. The first-order valence-corrected chi connectivity index (χ1v) is 5.17. The van der Waals surface area contributed by atoms with Crippen molar-refractivity contribution in [2.24, 2.45) is 5.73 Å². The van der Waals surface area contributed by atoms with Gasteiger partial charge in [0.05, 0.1) is 13.2 Å². The maximum atomic E-state index is 9.41. The third kappa shape index (κ3) is 2.97. The molecule has 0 saturated heterocycles. The van der Waals surface area contributed by atoms with Crippen molar-refractivity contribution in [1.82, 2.24) is 0 Å². The minimum absolute atomic E-state index is 0.263. The van der Waals surface area contributed by atoms with Crippen LogP contribution >= 0.6 is 15.9 Å². The monoisotopic (exact) mass is 259 g/mol. The highest BCUT2D eigenvalue weighted by Crippen LogP contribution is 2.24. The first kappa shape index (κ1) is 11.5. The van der Waals surface area contributed by atoms with Crippen LogP contribution in [0.1, 0.15) is 5.56 Å². The highest BCUT2D eigenvalue weighted by molar-refractivity contribution is 9.10. The van der Waals surface area contributed by atoms with Gasteiger partial charge in [-0.05, 0) is 17.7 Å². The Morgan fingerprint density at radius 1 is 1.57 bits per heavy atom. The largest absolute Gasteiger partial charge is 0.496 e. The molecule has 0 radical (unpaired) electrons. The molecule has 0 aliphatic heterocycles. The zero-order chi connectivity index (χ0) is 10.6. The van der Waals surface area contributed by atoms with Crippen molar-refractivity contribution in [3.05, 3.63) is 28.2 Å². The molecule has 1 atom stereocenters. The molecule has 0 spiro atoms. The molecule has 0 aliphatic rings. The number of ether oxygens (including phenoxy) is 1. The van der Waals surface area contributed by atoms with Crippen molar-refractivity contribution in [2.45, 2.75) is 12.5 Å². The Hall–Kier alpha value is -0.580. The first-order valence-electron chi connectivity index (χ1n) is 4.38. The fourth-order valence-corrected chi connectivity index (χ4v) is 1.56. The molecular weight excluding hydrogens is 246 g/mol. The fourth-order valence-electron chi connectivity index (χ4n) is 1.22. The number of hydrogen-bond acceptors (Lipinski definition) is 3. The zero-order valence-electron chi connectivity index (χ0n) is 8.03. The van der Waals surface area contributed by atoms with E-state index in [1.807, 2.05) is 18.2 Å². The summed E-state index contributed by atoms with van der Waals surface area (Å²) >= 11 is 3.35. The lowest BCUT2D eigenvalue weighted by Gasteiger charge is -2.11. The van der Waals surface area contributed by atoms with Gasteiger partial charge < -0.3 is 15.6 Å². The van der Waals surface area contributed by atoms with Crippen LogP contribution in [0.3, 0.4) is 0 Å². The topological polar surface area (TPSA) is 55.5 Å². The van der Waals surface area contributed by atoms with Crippen molar-refractivity contribution in [3.63, 3.8) is 0 Å². The van der Waals surface area contributed by atoms with Crippen LogP contribution in [0.25, 0.3) is 0 Å². The molecule has 3 nitrogen and oxygen atoms in total. The van der Waals surface area contributed by atoms with Crippen LogP contribution in [0.15, 0.2) is 22.7 Å². The number of halogens is 1. The highest BCUT2D eigenvalue weighted by atomic mass is 79.9. The second-order valence-corrected chi connectivity index (χ2v) is 3.97. The lowest BCUT2D eigenvalue weighted by molar-refractivity contribution is 0.182. The van der Waals surface area contributed by atoms with E-state index in [0.29, 0.717) is 6.42 Å². The van der Waals surface area contributed by atoms with Crippen molar-refractivity contribution >= 4 is 15.9 Å². The molecule has 1 aromatic carbocycles. The van der Waals surface area contributed by atoms with Crippen molar-refractivity contribution in [3.8, 4) is 5.75 Å². The van der Waals surface area contributed by atoms with E-state index in [1.54, 1.807) is 7.11 Å². The van der Waals surface area contributed by atoms with Gasteiger partial charge in [0.25, 0.3) is 0 Å². The molecule has 1 rings (SSSR count). The molecule has 1 unspecified atom stereocenters. The van der Waals surface area contributed by atoms with E-state index in [1.165, 1.54) is 0 Å². The molecule has 3 N–H and O–H groups in total. The summed E-state index contributed by atoms with van der Waals surface area (Å²) < 4.78 is 6.15. The Labute approximate surface area is 92.0 Å². The molecular formula is C10H14BrNO2. The lowest BCUT2D eigenvalue weighted by atomic mass is 10.1. The molecule has 0 saturated carbocycles. The van der Waals surface area contributed by atoms with Gasteiger partial charge in [0.15, 0.2) is 0 Å². The smallest absolute Gasteiger partial charge is 0.123 e. The molecule has 78 valence electrons. The SMILES string of the molecule is COc1cc(Br)ccc1CC(O)CN. The Kier molecular flexibility index (Phi) is 4.38. The maximum Gasteiger partial charge on any atom is 0.123 e. The number of methoxy groups -OCH3 is 1. The van der Waals surface area contributed by atoms with Crippen LogP contribution < -0.4 is 10.5 Å². The predicted molar refractivity (Wildman–Crippen MR) is 59.5 cm³/mol. The molecule has 0 aromatic heterocycles. The summed E-state index contributed by atoms with van der Waals surface area (Å²) in [5, 5.41) is 9.41. The van der Waals surface area contributed by atoms with Gasteiger partial charge in [0.2, 0.25) is 0 Å². The minimum atomic E-state index is -0.509. The summed E-state index contributed by atoms with van der Waals surface area (Å²) in [6, 6.07) is 5.71. The van der Waals surface area contributed by atoms with Gasteiger partial charge in [-0.1, -0.05) is 22.0 Å². The van der Waals surface area contributed by atoms with Crippen molar-refractivity contribution in [2.75, 3.05) is 13.7 Å². The number of rotatable bonds is 4. The first-order chi connectivity index (χ1) is 6.67. The number of aliphatic hydroxyl groups is 1. The van der Waals surface area contributed by atoms with Gasteiger partial charge in [-0.3, -0.25) is 0 Å². The number of hydrogen-bond donors (Lipinski definition) is 2. The summed E-state index contributed by atoms with van der Waals surface area (Å²) in [6.07, 6.45) is 0.0116. The normalized spacial score (nSPS) is 12.6. The van der Waals surface area contributed by atoms with Crippen molar-refractivity contribution < 1.29 is 9.84 Å². The van der Waals surface area contributed by atoms with E-state index < -0.39 is 6.10 Å². The second kappa shape index (κ2) is 5.34. The molecule has 14 heavy (non-hydrogen) atoms. The quantitative estimate of drug-likeness (QED) is 0.858. The van der Waals surface area contributed by atoms with Crippen LogP contribution in [0.4, 0.5) is 0 Å². The van der Waals surface area contributed by atoms with E-state index in [0.717, 1.165) is 15.8 Å². The molecule has 1 aromatic rings. The maximum absolute atomic E-state index is 9.41. The Morgan fingerprint density at radius 2 is 2.29 bits per heavy atom. The summed E-state index contributed by atoms with van der Waals surface area (Å²) in [5.41, 5.74) is 6.31. The van der Waals surface area contributed by atoms with Crippen LogP contribution in [0.2, 0.25) is 0 Å². The second-order valence-electron chi connectivity index (χ2n) is 3.05. The van der Waals surface area contributed by atoms with Gasteiger partial charge in [-0.2, -0.15) is 0 Å². The number of aliphatic hydroxyl groups excluding tert-OH is 1. The third-order valence-electron chi connectivity index (χ3n) is 1.98. The van der Waals surface area contributed by atoms with Crippen LogP contribution in [0.5, 0.6) is 5.75 Å². The Morgan fingerprint density at radius 3 is 2.86 bits per heavy atom. The van der Waals surface area contributed by atoms with Gasteiger partial charge >= 0.3 is 0 Å². The Bertz CT molecular complexity index is 304. The van der Waals surface area contributed by atoms with Crippen molar-refractivity contribution in [1.29, 1.82) is 0 Å². The summed E-state index contributed by atoms with van der Waals surface area (Å²) in [6.45, 7) is 0.263. The van der Waals surface area contributed by atoms with E-state index in [4.69, 9.17) is 10.5 Å². The molecule has 4 heteroatoms. The van der Waals surface area contributed by atoms with Crippen LogP contribution in [-0.4, -0.2) is 24.9 Å². The average molecular weight is 260 g/mol. The van der Waals surface area contributed by atoms with Gasteiger partial charge in [0, 0.05) is 17.4 Å². The van der Waals surface area contributed by atoms with E-state index in [9.17, 15) is 5.11 Å². The Balaban J connectivity index is 2.85. The molecule has 0 fully saturated rings. The van der Waals surface area contributed by atoms with Crippen LogP contribution in [0, 0.1) is 0 Å². The number of nitrogens with two attached hydrogens (primary N) is 1. The lowest BCUT2D eigenvalue weighted by Crippen LogP contribution is -2.22. The fraction of sp³-hybridized carbons (Fsp3) is 0.400.